The molecule has 2 nitrogen and oxygen atoms in total. The van der Waals surface area contributed by atoms with Crippen LogP contribution in [0.1, 0.15) is 18.9 Å². The van der Waals surface area contributed by atoms with Crippen LogP contribution < -0.4 is 0 Å². The molecule has 2 rings (SSSR count). The molecule has 2 aromatic rings. The quantitative estimate of drug-likeness (QED) is 0.784. The number of rotatable bonds is 2. The van der Waals surface area contributed by atoms with Gasteiger partial charge in [-0.2, -0.15) is 0 Å². The average Bonchev–Trinajstić information content (AvgIpc) is 2.17. The Morgan fingerprint density at radius 2 is 2.14 bits per heavy atom. The van der Waals surface area contributed by atoms with Crippen LogP contribution in [0.4, 0.5) is 0 Å². The summed E-state index contributed by atoms with van der Waals surface area (Å²) in [6.07, 6.45) is 3.69. The standard InChI is InChI=1S/C12H13NO/c1-2-3-9-4-5-12-10(6-9)7-11(14)8-13-12/h4-8,14H,2-3H2,1H3. The fourth-order valence-electron chi connectivity index (χ4n) is 1.61. The van der Waals surface area contributed by atoms with Gasteiger partial charge >= 0.3 is 0 Å². The molecule has 0 bridgehead atoms. The second kappa shape index (κ2) is 3.66. The van der Waals surface area contributed by atoms with E-state index in [-0.39, 0.29) is 5.75 Å². The molecule has 0 spiro atoms. The van der Waals surface area contributed by atoms with Gasteiger partial charge in [-0.15, -0.1) is 0 Å². The van der Waals surface area contributed by atoms with Gasteiger partial charge in [0.1, 0.15) is 5.75 Å². The third kappa shape index (κ3) is 1.69. The number of aromatic hydroxyl groups is 1. The SMILES string of the molecule is CCCc1ccc2ncc(O)cc2c1. The summed E-state index contributed by atoms with van der Waals surface area (Å²) in [6, 6.07) is 7.93. The molecule has 1 N–H and O–H groups in total. The van der Waals surface area contributed by atoms with Gasteiger partial charge in [-0.1, -0.05) is 19.4 Å². The molecule has 0 amide bonds. The first-order valence-corrected chi connectivity index (χ1v) is 4.87. The molecular weight excluding hydrogens is 174 g/mol. The molecule has 0 aliphatic rings. The van der Waals surface area contributed by atoms with Gasteiger partial charge in [-0.05, 0) is 30.2 Å². The van der Waals surface area contributed by atoms with Crippen molar-refractivity contribution in [3.8, 4) is 5.75 Å². The van der Waals surface area contributed by atoms with Gasteiger partial charge in [0.2, 0.25) is 0 Å². The Morgan fingerprint density at radius 3 is 2.93 bits per heavy atom. The summed E-state index contributed by atoms with van der Waals surface area (Å²) in [5, 5.41) is 10.3. The maximum Gasteiger partial charge on any atom is 0.134 e. The van der Waals surface area contributed by atoms with Crippen LogP contribution in [0.25, 0.3) is 10.9 Å². The summed E-state index contributed by atoms with van der Waals surface area (Å²) in [4.78, 5) is 4.13. The Morgan fingerprint density at radius 1 is 1.29 bits per heavy atom. The molecule has 2 heteroatoms. The van der Waals surface area contributed by atoms with Crippen molar-refractivity contribution in [3.63, 3.8) is 0 Å². The van der Waals surface area contributed by atoms with E-state index in [1.165, 1.54) is 11.8 Å². The molecule has 1 heterocycles. The molecule has 0 atom stereocenters. The van der Waals surface area contributed by atoms with Crippen LogP contribution in [-0.4, -0.2) is 10.1 Å². The average molecular weight is 187 g/mol. The predicted octanol–water partition coefficient (Wildman–Crippen LogP) is 2.89. The van der Waals surface area contributed by atoms with Gasteiger partial charge < -0.3 is 5.11 Å². The zero-order chi connectivity index (χ0) is 9.97. The van der Waals surface area contributed by atoms with Crippen LogP contribution >= 0.6 is 0 Å². The lowest BCUT2D eigenvalue weighted by Gasteiger charge is -2.01. The summed E-state index contributed by atoms with van der Waals surface area (Å²) < 4.78 is 0. The summed E-state index contributed by atoms with van der Waals surface area (Å²) in [5.74, 6) is 0.228. The van der Waals surface area contributed by atoms with Crippen molar-refractivity contribution >= 4 is 10.9 Å². The molecule has 0 aliphatic heterocycles. The van der Waals surface area contributed by atoms with Crippen LogP contribution in [0.2, 0.25) is 0 Å². The van der Waals surface area contributed by atoms with Crippen LogP contribution in [-0.2, 0) is 6.42 Å². The molecule has 14 heavy (non-hydrogen) atoms. The highest BCUT2D eigenvalue weighted by Crippen LogP contribution is 2.19. The van der Waals surface area contributed by atoms with Gasteiger partial charge in [0.15, 0.2) is 0 Å². The van der Waals surface area contributed by atoms with E-state index in [0.29, 0.717) is 0 Å². The number of aryl methyl sites for hydroxylation is 1. The third-order valence-electron chi connectivity index (χ3n) is 2.27. The van der Waals surface area contributed by atoms with E-state index < -0.39 is 0 Å². The van der Waals surface area contributed by atoms with Crippen molar-refractivity contribution in [1.29, 1.82) is 0 Å². The lowest BCUT2D eigenvalue weighted by molar-refractivity contribution is 0.474. The molecule has 0 aliphatic carbocycles. The van der Waals surface area contributed by atoms with Gasteiger partial charge in [0, 0.05) is 5.39 Å². The van der Waals surface area contributed by atoms with E-state index in [4.69, 9.17) is 0 Å². The molecule has 0 saturated heterocycles. The second-order valence-electron chi connectivity index (χ2n) is 3.47. The Bertz CT molecular complexity index is 451. The number of nitrogens with zero attached hydrogens (tertiary/aromatic N) is 1. The largest absolute Gasteiger partial charge is 0.506 e. The van der Waals surface area contributed by atoms with Crippen molar-refractivity contribution in [3.05, 3.63) is 36.0 Å². The first-order chi connectivity index (χ1) is 6.79. The van der Waals surface area contributed by atoms with Crippen molar-refractivity contribution in [2.75, 3.05) is 0 Å². The zero-order valence-corrected chi connectivity index (χ0v) is 8.20. The molecule has 1 aromatic heterocycles. The summed E-state index contributed by atoms with van der Waals surface area (Å²) in [7, 11) is 0. The number of pyridine rings is 1. The molecule has 0 radical (unpaired) electrons. The van der Waals surface area contributed by atoms with E-state index >= 15 is 0 Å². The fourth-order valence-corrected chi connectivity index (χ4v) is 1.61. The van der Waals surface area contributed by atoms with E-state index in [0.717, 1.165) is 23.7 Å². The summed E-state index contributed by atoms with van der Waals surface area (Å²) in [6.45, 7) is 2.16. The lowest BCUT2D eigenvalue weighted by atomic mass is 10.1. The minimum absolute atomic E-state index is 0.228. The van der Waals surface area contributed by atoms with Crippen LogP contribution in [0.15, 0.2) is 30.5 Å². The highest BCUT2D eigenvalue weighted by Gasteiger charge is 1.98. The van der Waals surface area contributed by atoms with E-state index in [1.54, 1.807) is 6.07 Å². The Balaban J connectivity index is 2.52. The van der Waals surface area contributed by atoms with Crippen LogP contribution in [0.5, 0.6) is 5.75 Å². The van der Waals surface area contributed by atoms with E-state index in [9.17, 15) is 5.11 Å². The normalized spacial score (nSPS) is 10.6. The number of hydrogen-bond donors (Lipinski definition) is 1. The molecular formula is C12H13NO. The van der Waals surface area contributed by atoms with Crippen molar-refractivity contribution in [2.24, 2.45) is 0 Å². The predicted molar refractivity (Wildman–Crippen MR) is 57.4 cm³/mol. The second-order valence-corrected chi connectivity index (χ2v) is 3.47. The highest BCUT2D eigenvalue weighted by molar-refractivity contribution is 5.80. The van der Waals surface area contributed by atoms with Crippen molar-refractivity contribution in [2.45, 2.75) is 19.8 Å². The van der Waals surface area contributed by atoms with Crippen LogP contribution in [0, 0.1) is 0 Å². The van der Waals surface area contributed by atoms with Crippen molar-refractivity contribution in [1.82, 2.24) is 4.98 Å². The topological polar surface area (TPSA) is 33.1 Å². The molecule has 0 saturated carbocycles. The number of fused-ring (bicyclic) bond motifs is 1. The van der Waals surface area contributed by atoms with Gasteiger partial charge in [-0.25, -0.2) is 0 Å². The minimum Gasteiger partial charge on any atom is -0.506 e. The molecule has 1 aromatic carbocycles. The van der Waals surface area contributed by atoms with E-state index in [2.05, 4.69) is 24.0 Å². The fraction of sp³-hybridized carbons (Fsp3) is 0.250. The monoisotopic (exact) mass is 187 g/mol. The molecule has 72 valence electrons. The lowest BCUT2D eigenvalue weighted by Crippen LogP contribution is -1.84. The van der Waals surface area contributed by atoms with Crippen molar-refractivity contribution < 1.29 is 5.11 Å². The minimum atomic E-state index is 0.228. The maximum absolute atomic E-state index is 9.29. The number of aromatic nitrogens is 1. The van der Waals surface area contributed by atoms with Gasteiger partial charge in [0.25, 0.3) is 0 Å². The Labute approximate surface area is 83.2 Å². The van der Waals surface area contributed by atoms with E-state index in [1.807, 2.05) is 6.07 Å². The van der Waals surface area contributed by atoms with Gasteiger partial charge in [-0.3, -0.25) is 4.98 Å². The summed E-state index contributed by atoms with van der Waals surface area (Å²) in [5.41, 5.74) is 2.23. The zero-order valence-electron chi connectivity index (χ0n) is 8.20. The summed E-state index contributed by atoms with van der Waals surface area (Å²) >= 11 is 0. The first kappa shape index (κ1) is 9.00. The highest BCUT2D eigenvalue weighted by atomic mass is 16.3. The van der Waals surface area contributed by atoms with Gasteiger partial charge in [0.05, 0.1) is 11.7 Å². The first-order valence-electron chi connectivity index (χ1n) is 4.87. The molecule has 0 unspecified atom stereocenters. The third-order valence-corrected chi connectivity index (χ3v) is 2.27. The Kier molecular flexibility index (Phi) is 2.35. The number of benzene rings is 1. The van der Waals surface area contributed by atoms with Crippen LogP contribution in [0.3, 0.4) is 0 Å². The maximum atomic E-state index is 9.29. The number of hydrogen-bond acceptors (Lipinski definition) is 2. The smallest absolute Gasteiger partial charge is 0.134 e. The molecule has 0 fully saturated rings. The Hall–Kier alpha value is -1.57.